The van der Waals surface area contributed by atoms with E-state index in [1.165, 1.54) is 12.8 Å². The normalized spacial score (nSPS) is 26.3. The average molecular weight is 276 g/mol. The Morgan fingerprint density at radius 3 is 2.60 bits per heavy atom. The summed E-state index contributed by atoms with van der Waals surface area (Å²) in [4.78, 5) is 14.4. The molecule has 0 spiro atoms. The predicted molar refractivity (Wildman–Crippen MR) is 67.1 cm³/mol. The zero-order valence-electron chi connectivity index (χ0n) is 10.2. The highest BCUT2D eigenvalue weighted by Gasteiger charge is 2.40. The highest BCUT2D eigenvalue weighted by atomic mass is 79.9. The number of carbonyl (C=O) groups is 1. The Morgan fingerprint density at radius 2 is 2.20 bits per heavy atom. The maximum absolute atomic E-state index is 12.2. The monoisotopic (exact) mass is 275 g/mol. The summed E-state index contributed by atoms with van der Waals surface area (Å²) < 4.78 is 0. The molecule has 2 atom stereocenters. The lowest BCUT2D eigenvalue weighted by atomic mass is 9.81. The quantitative estimate of drug-likeness (QED) is 0.725. The van der Waals surface area contributed by atoms with Crippen molar-refractivity contribution in [1.29, 1.82) is 0 Å². The molecule has 0 bridgehead atoms. The van der Waals surface area contributed by atoms with E-state index >= 15 is 0 Å². The van der Waals surface area contributed by atoms with Gasteiger partial charge in [-0.05, 0) is 18.3 Å². The van der Waals surface area contributed by atoms with Gasteiger partial charge in [-0.1, -0.05) is 43.1 Å². The Balaban J connectivity index is 2.60. The highest BCUT2D eigenvalue weighted by molar-refractivity contribution is 9.09. The lowest BCUT2D eigenvalue weighted by Gasteiger charge is -2.30. The molecule has 0 aromatic carbocycles. The van der Waals surface area contributed by atoms with Crippen LogP contribution in [0.25, 0.3) is 0 Å². The molecule has 1 amide bonds. The molecule has 0 heterocycles. The second-order valence-electron chi connectivity index (χ2n) is 5.43. The molecule has 0 aromatic heterocycles. The van der Waals surface area contributed by atoms with E-state index in [2.05, 4.69) is 36.7 Å². The molecule has 1 aliphatic carbocycles. The van der Waals surface area contributed by atoms with Gasteiger partial charge in [0.05, 0.1) is 0 Å². The van der Waals surface area contributed by atoms with Gasteiger partial charge in [0.15, 0.2) is 0 Å². The number of alkyl halides is 1. The van der Waals surface area contributed by atoms with E-state index in [9.17, 15) is 4.79 Å². The first-order valence-corrected chi connectivity index (χ1v) is 6.65. The van der Waals surface area contributed by atoms with Crippen LogP contribution in [0, 0.1) is 11.3 Å². The SMILES string of the molecule is CC(Br)CN(C)C(=O)C1CCCC1(C)C. The zero-order chi connectivity index (χ0) is 11.6. The zero-order valence-corrected chi connectivity index (χ0v) is 11.8. The van der Waals surface area contributed by atoms with Gasteiger partial charge < -0.3 is 4.90 Å². The summed E-state index contributed by atoms with van der Waals surface area (Å²) in [6.45, 7) is 7.30. The summed E-state index contributed by atoms with van der Waals surface area (Å²) in [5.74, 6) is 0.553. The number of carbonyl (C=O) groups excluding carboxylic acids is 1. The Kier molecular flexibility index (Phi) is 4.21. The van der Waals surface area contributed by atoms with Crippen LogP contribution in [0.5, 0.6) is 0 Å². The van der Waals surface area contributed by atoms with Crippen LogP contribution in [0.15, 0.2) is 0 Å². The first kappa shape index (κ1) is 13.0. The maximum Gasteiger partial charge on any atom is 0.225 e. The molecule has 0 aliphatic heterocycles. The Morgan fingerprint density at radius 1 is 1.60 bits per heavy atom. The van der Waals surface area contributed by atoms with Crippen LogP contribution in [0.3, 0.4) is 0 Å². The third-order valence-corrected chi connectivity index (χ3v) is 3.75. The summed E-state index contributed by atoms with van der Waals surface area (Å²) in [6, 6.07) is 0. The van der Waals surface area contributed by atoms with Crippen LogP contribution in [0.1, 0.15) is 40.0 Å². The van der Waals surface area contributed by atoms with Crippen molar-refractivity contribution < 1.29 is 4.79 Å². The second-order valence-corrected chi connectivity index (χ2v) is 7.00. The first-order chi connectivity index (χ1) is 6.84. The number of halogens is 1. The minimum Gasteiger partial charge on any atom is -0.344 e. The standard InChI is InChI=1S/C12H22BrNO/c1-9(13)8-14(4)11(15)10-6-5-7-12(10,2)3/h9-10H,5-8H2,1-4H3. The Bertz CT molecular complexity index is 238. The molecule has 2 nitrogen and oxygen atoms in total. The fourth-order valence-corrected chi connectivity index (χ4v) is 2.95. The van der Waals surface area contributed by atoms with Gasteiger partial charge in [0, 0.05) is 24.3 Å². The Hall–Kier alpha value is -0.0500. The van der Waals surface area contributed by atoms with Crippen molar-refractivity contribution in [3.8, 4) is 0 Å². The van der Waals surface area contributed by atoms with Crippen molar-refractivity contribution in [2.75, 3.05) is 13.6 Å². The highest BCUT2D eigenvalue weighted by Crippen LogP contribution is 2.43. The molecule has 15 heavy (non-hydrogen) atoms. The maximum atomic E-state index is 12.2. The van der Waals surface area contributed by atoms with Crippen molar-refractivity contribution in [2.45, 2.75) is 44.9 Å². The van der Waals surface area contributed by atoms with Gasteiger partial charge in [-0.2, -0.15) is 0 Å². The number of rotatable bonds is 3. The molecule has 0 radical (unpaired) electrons. The molecule has 0 saturated heterocycles. The fraction of sp³-hybridized carbons (Fsp3) is 0.917. The van der Waals surface area contributed by atoms with Crippen molar-refractivity contribution >= 4 is 21.8 Å². The van der Waals surface area contributed by atoms with E-state index in [1.54, 1.807) is 0 Å². The van der Waals surface area contributed by atoms with Crippen molar-refractivity contribution in [1.82, 2.24) is 4.90 Å². The molecular formula is C12H22BrNO. The smallest absolute Gasteiger partial charge is 0.225 e. The molecule has 2 unspecified atom stereocenters. The van der Waals surface area contributed by atoms with Crippen LogP contribution in [0.4, 0.5) is 0 Å². The van der Waals surface area contributed by atoms with Crippen LogP contribution in [-0.4, -0.2) is 29.2 Å². The van der Waals surface area contributed by atoms with Gasteiger partial charge in [-0.15, -0.1) is 0 Å². The molecular weight excluding hydrogens is 254 g/mol. The van der Waals surface area contributed by atoms with E-state index in [0.717, 1.165) is 13.0 Å². The van der Waals surface area contributed by atoms with Gasteiger partial charge in [-0.25, -0.2) is 0 Å². The van der Waals surface area contributed by atoms with Gasteiger partial charge in [0.2, 0.25) is 5.91 Å². The van der Waals surface area contributed by atoms with E-state index < -0.39 is 0 Å². The number of amides is 1. The van der Waals surface area contributed by atoms with E-state index in [1.807, 2.05) is 11.9 Å². The lowest BCUT2D eigenvalue weighted by molar-refractivity contribution is -0.136. The fourth-order valence-electron chi connectivity index (χ4n) is 2.52. The van der Waals surface area contributed by atoms with Crippen LogP contribution >= 0.6 is 15.9 Å². The van der Waals surface area contributed by atoms with Gasteiger partial charge in [-0.3, -0.25) is 4.79 Å². The molecule has 1 saturated carbocycles. The third-order valence-electron chi connectivity index (χ3n) is 3.46. The lowest BCUT2D eigenvalue weighted by Crippen LogP contribution is -2.39. The average Bonchev–Trinajstić information content (AvgIpc) is 2.42. The Labute approximate surface area is 102 Å². The largest absolute Gasteiger partial charge is 0.344 e. The second kappa shape index (κ2) is 4.86. The topological polar surface area (TPSA) is 20.3 Å². The van der Waals surface area contributed by atoms with Crippen LogP contribution in [-0.2, 0) is 4.79 Å². The third kappa shape index (κ3) is 3.20. The minimum absolute atomic E-state index is 0.195. The van der Waals surface area contributed by atoms with Gasteiger partial charge in [0.25, 0.3) is 0 Å². The number of nitrogens with zero attached hydrogens (tertiary/aromatic N) is 1. The van der Waals surface area contributed by atoms with Gasteiger partial charge in [0.1, 0.15) is 0 Å². The summed E-state index contributed by atoms with van der Waals surface area (Å²) >= 11 is 3.49. The molecule has 3 heteroatoms. The van der Waals surface area contributed by atoms with Crippen LogP contribution < -0.4 is 0 Å². The molecule has 0 N–H and O–H groups in total. The molecule has 88 valence electrons. The van der Waals surface area contributed by atoms with Crippen molar-refractivity contribution in [3.63, 3.8) is 0 Å². The van der Waals surface area contributed by atoms with E-state index in [-0.39, 0.29) is 11.3 Å². The van der Waals surface area contributed by atoms with Gasteiger partial charge >= 0.3 is 0 Å². The minimum atomic E-state index is 0.195. The summed E-state index contributed by atoms with van der Waals surface area (Å²) in [7, 11) is 1.91. The predicted octanol–water partition coefficient (Wildman–Crippen LogP) is 3.05. The summed E-state index contributed by atoms with van der Waals surface area (Å²) in [6.07, 6.45) is 3.44. The molecule has 1 aliphatic rings. The molecule has 1 fully saturated rings. The van der Waals surface area contributed by atoms with E-state index in [0.29, 0.717) is 10.7 Å². The summed E-state index contributed by atoms with van der Waals surface area (Å²) in [5.41, 5.74) is 0.195. The number of hydrogen-bond donors (Lipinski definition) is 0. The van der Waals surface area contributed by atoms with Crippen molar-refractivity contribution in [3.05, 3.63) is 0 Å². The first-order valence-electron chi connectivity index (χ1n) is 5.73. The molecule has 1 rings (SSSR count). The van der Waals surface area contributed by atoms with Crippen molar-refractivity contribution in [2.24, 2.45) is 11.3 Å². The van der Waals surface area contributed by atoms with E-state index in [4.69, 9.17) is 0 Å². The van der Waals surface area contributed by atoms with Crippen LogP contribution in [0.2, 0.25) is 0 Å². The molecule has 0 aromatic rings. The number of hydrogen-bond acceptors (Lipinski definition) is 1. The summed E-state index contributed by atoms with van der Waals surface area (Å²) in [5, 5.41) is 0.